The molecule has 4 saturated carbocycles. The first-order valence-corrected chi connectivity index (χ1v) is 15.2. The van der Waals surface area contributed by atoms with Crippen molar-refractivity contribution in [3.63, 3.8) is 0 Å². The van der Waals surface area contributed by atoms with Crippen LogP contribution in [0.1, 0.15) is 99.8 Å². The number of carbonyl (C=O) groups is 3. The number of carbonyl (C=O) groups excluding carboxylic acids is 3. The zero-order valence-electron chi connectivity index (χ0n) is 25.4. The minimum atomic E-state index is -0.659. The summed E-state index contributed by atoms with van der Waals surface area (Å²) in [5, 5.41) is 10.4. The molecule has 0 unspecified atom stereocenters. The van der Waals surface area contributed by atoms with Gasteiger partial charge in [0.05, 0.1) is 25.0 Å². The van der Waals surface area contributed by atoms with Crippen molar-refractivity contribution in [2.24, 2.45) is 56.7 Å². The molecule has 6 heteroatoms. The second-order valence-electron chi connectivity index (χ2n) is 15.1. The molecule has 0 spiro atoms. The Morgan fingerprint density at radius 3 is 2.33 bits per heavy atom. The van der Waals surface area contributed by atoms with Gasteiger partial charge in [-0.3, -0.25) is 14.4 Å². The summed E-state index contributed by atoms with van der Waals surface area (Å²) in [5.41, 5.74) is 0.516. The highest BCUT2D eigenvalue weighted by molar-refractivity contribution is 5.86. The van der Waals surface area contributed by atoms with Crippen LogP contribution in [0.25, 0.3) is 0 Å². The third-order valence-electron chi connectivity index (χ3n) is 13.8. The molecule has 5 rings (SSSR count). The van der Waals surface area contributed by atoms with Crippen LogP contribution in [0.3, 0.4) is 0 Å². The molecular formula is C33H50O6. The molecule has 0 radical (unpaired) electrons. The second kappa shape index (κ2) is 9.16. The van der Waals surface area contributed by atoms with Crippen LogP contribution >= 0.6 is 0 Å². The summed E-state index contributed by atoms with van der Waals surface area (Å²) in [7, 11) is 1.45. The monoisotopic (exact) mass is 542 g/mol. The molecule has 4 fully saturated rings. The quantitative estimate of drug-likeness (QED) is 0.353. The van der Waals surface area contributed by atoms with Gasteiger partial charge in [-0.2, -0.15) is 0 Å². The average Bonchev–Trinajstić information content (AvgIpc) is 2.88. The van der Waals surface area contributed by atoms with Crippen molar-refractivity contribution in [3.05, 3.63) is 11.6 Å². The van der Waals surface area contributed by atoms with Crippen molar-refractivity contribution >= 4 is 17.7 Å². The molecule has 0 amide bonds. The first-order valence-electron chi connectivity index (χ1n) is 15.2. The van der Waals surface area contributed by atoms with Crippen LogP contribution in [0.5, 0.6) is 0 Å². The van der Waals surface area contributed by atoms with E-state index in [1.165, 1.54) is 19.6 Å². The maximum absolute atomic E-state index is 13.1. The number of aliphatic hydroxyl groups excluding tert-OH is 1. The summed E-state index contributed by atoms with van der Waals surface area (Å²) < 4.78 is 11.2. The Balaban J connectivity index is 1.60. The molecule has 0 heterocycles. The van der Waals surface area contributed by atoms with E-state index in [0.29, 0.717) is 18.8 Å². The van der Waals surface area contributed by atoms with E-state index in [1.807, 2.05) is 6.92 Å². The third kappa shape index (κ3) is 3.64. The predicted molar refractivity (Wildman–Crippen MR) is 148 cm³/mol. The number of ether oxygens (including phenoxy) is 2. The number of esters is 2. The number of hydrogen-bond donors (Lipinski definition) is 1. The van der Waals surface area contributed by atoms with Gasteiger partial charge >= 0.3 is 11.9 Å². The number of hydrogen-bond acceptors (Lipinski definition) is 6. The zero-order valence-corrected chi connectivity index (χ0v) is 25.4. The summed E-state index contributed by atoms with van der Waals surface area (Å²) in [6, 6.07) is 0. The summed E-state index contributed by atoms with van der Waals surface area (Å²) in [5.74, 6) is 0.222. The first-order chi connectivity index (χ1) is 18.1. The van der Waals surface area contributed by atoms with Gasteiger partial charge < -0.3 is 14.6 Å². The smallest absolute Gasteiger partial charge is 0.309 e. The van der Waals surface area contributed by atoms with E-state index in [0.717, 1.165) is 38.5 Å². The van der Waals surface area contributed by atoms with E-state index in [1.54, 1.807) is 0 Å². The Morgan fingerprint density at radius 1 is 1.03 bits per heavy atom. The number of fused-ring (bicyclic) bond motifs is 7. The SMILES string of the molecule is COC(=O)[C@@H]1C[C@H](OC(C)=O)[C@]2(C)CC[C@]3(C)C(=CC[C@@H]4[C@@]5(C)CCC(=O)[C@@](C)(CO)[C@@H]5CC[C@]43C)[C@H]2[C@H]1C. The van der Waals surface area contributed by atoms with Gasteiger partial charge in [-0.15, -0.1) is 0 Å². The predicted octanol–water partition coefficient (Wildman–Crippen LogP) is 5.90. The number of methoxy groups -OCH3 is 1. The number of aliphatic hydroxyl groups is 1. The molecule has 218 valence electrons. The number of rotatable bonds is 3. The first kappa shape index (κ1) is 28.8. The van der Waals surface area contributed by atoms with Gasteiger partial charge in [0.1, 0.15) is 11.9 Å². The van der Waals surface area contributed by atoms with Crippen molar-refractivity contribution < 1.29 is 29.0 Å². The van der Waals surface area contributed by atoms with E-state index in [9.17, 15) is 19.5 Å². The van der Waals surface area contributed by atoms with E-state index in [2.05, 4.69) is 40.7 Å². The molecule has 0 aromatic rings. The van der Waals surface area contributed by atoms with Crippen molar-refractivity contribution in [2.75, 3.05) is 13.7 Å². The number of Topliss-reactive ketones (excluding diaryl/α,β-unsaturated/α-hetero) is 1. The van der Waals surface area contributed by atoms with Crippen LogP contribution in [-0.4, -0.2) is 42.6 Å². The van der Waals surface area contributed by atoms with Crippen LogP contribution in [-0.2, 0) is 23.9 Å². The van der Waals surface area contributed by atoms with Crippen molar-refractivity contribution in [3.8, 4) is 0 Å². The number of allylic oxidation sites excluding steroid dienone is 2. The lowest BCUT2D eigenvalue weighted by Crippen LogP contribution is -2.66. The Morgan fingerprint density at radius 2 is 1.72 bits per heavy atom. The fraction of sp³-hybridized carbons (Fsp3) is 0.848. The van der Waals surface area contributed by atoms with Crippen LogP contribution in [0.2, 0.25) is 0 Å². The molecule has 39 heavy (non-hydrogen) atoms. The van der Waals surface area contributed by atoms with Crippen molar-refractivity contribution in [1.82, 2.24) is 0 Å². The lowest BCUT2D eigenvalue weighted by atomic mass is 9.33. The van der Waals surface area contributed by atoms with Gasteiger partial charge in [0.2, 0.25) is 0 Å². The molecule has 0 aromatic carbocycles. The Hall–Kier alpha value is -1.69. The van der Waals surface area contributed by atoms with Crippen LogP contribution in [0.15, 0.2) is 11.6 Å². The van der Waals surface area contributed by atoms with Crippen LogP contribution in [0.4, 0.5) is 0 Å². The molecule has 0 saturated heterocycles. The Kier molecular flexibility index (Phi) is 6.77. The topological polar surface area (TPSA) is 89.9 Å². The standard InChI is InChI=1S/C33H50O6/c1-19-21(28(37)38-8)17-26(39-20(2)35)30(4)15-16-32(6)22(27(19)30)9-10-24-29(3)13-12-25(36)31(5,18-34)23(29)11-14-33(24,32)7/h9,19,21,23-24,26-27,34H,10-18H2,1-8H3/t19-,21+,23+,24+,26-,27+,29-,30-,31-,32+,33+/m0/s1. The van der Waals surface area contributed by atoms with Gasteiger partial charge in [-0.05, 0) is 84.9 Å². The highest BCUT2D eigenvalue weighted by atomic mass is 16.5. The van der Waals surface area contributed by atoms with Crippen LogP contribution < -0.4 is 0 Å². The van der Waals surface area contributed by atoms with Gasteiger partial charge in [-0.1, -0.05) is 53.2 Å². The fourth-order valence-corrected chi connectivity index (χ4v) is 11.3. The fourth-order valence-electron chi connectivity index (χ4n) is 11.3. The van der Waals surface area contributed by atoms with Gasteiger partial charge in [-0.25, -0.2) is 0 Å². The molecule has 5 aliphatic carbocycles. The molecule has 6 nitrogen and oxygen atoms in total. The van der Waals surface area contributed by atoms with E-state index in [4.69, 9.17) is 9.47 Å². The molecule has 0 aromatic heterocycles. The Labute approximate surface area is 234 Å². The summed E-state index contributed by atoms with van der Waals surface area (Å²) >= 11 is 0. The third-order valence-corrected chi connectivity index (χ3v) is 13.8. The second-order valence-corrected chi connectivity index (χ2v) is 15.1. The lowest BCUT2D eigenvalue weighted by molar-refractivity contribution is -0.204. The van der Waals surface area contributed by atoms with Crippen molar-refractivity contribution in [1.29, 1.82) is 0 Å². The highest BCUT2D eigenvalue weighted by Crippen LogP contribution is 2.75. The molecule has 0 bridgehead atoms. The summed E-state index contributed by atoms with van der Waals surface area (Å²) in [6.07, 6.45) is 9.01. The summed E-state index contributed by atoms with van der Waals surface area (Å²) in [4.78, 5) is 38.3. The Bertz CT molecular complexity index is 1100. The van der Waals surface area contributed by atoms with Gasteiger partial charge in [0, 0.05) is 18.8 Å². The van der Waals surface area contributed by atoms with E-state index in [-0.39, 0.29) is 75.8 Å². The average molecular weight is 543 g/mol. The minimum absolute atomic E-state index is 0.0167. The normalized spacial score (nSPS) is 50.9. The molecule has 11 atom stereocenters. The molecular weight excluding hydrogens is 492 g/mol. The van der Waals surface area contributed by atoms with Gasteiger partial charge in [0.15, 0.2) is 0 Å². The zero-order chi connectivity index (χ0) is 28.8. The molecule has 0 aliphatic heterocycles. The lowest BCUT2D eigenvalue weighted by Gasteiger charge is -2.71. The maximum Gasteiger partial charge on any atom is 0.309 e. The van der Waals surface area contributed by atoms with E-state index >= 15 is 0 Å². The molecule has 1 N–H and O–H groups in total. The summed E-state index contributed by atoms with van der Waals surface area (Å²) in [6.45, 7) is 15.2. The largest absolute Gasteiger partial charge is 0.469 e. The molecule has 5 aliphatic rings. The van der Waals surface area contributed by atoms with Crippen LogP contribution in [0, 0.1) is 56.7 Å². The van der Waals surface area contributed by atoms with E-state index < -0.39 is 5.41 Å². The number of ketones is 1. The highest BCUT2D eigenvalue weighted by Gasteiger charge is 2.70. The van der Waals surface area contributed by atoms with Gasteiger partial charge in [0.25, 0.3) is 0 Å². The minimum Gasteiger partial charge on any atom is -0.469 e. The maximum atomic E-state index is 13.1. The van der Waals surface area contributed by atoms with Crippen molar-refractivity contribution in [2.45, 2.75) is 106 Å².